The number of carbonyl (C=O) groups excluding carboxylic acids is 1. The molecule has 8 heteroatoms. The Morgan fingerprint density at radius 2 is 2.07 bits per heavy atom. The zero-order chi connectivity index (χ0) is 20.1. The van der Waals surface area contributed by atoms with Crippen molar-refractivity contribution in [2.24, 2.45) is 0 Å². The Balaban J connectivity index is 1.25. The molecular weight excluding hydrogens is 372 g/mol. The van der Waals surface area contributed by atoms with Crippen LogP contribution in [0.25, 0.3) is 0 Å². The predicted molar refractivity (Wildman–Crippen MR) is 106 cm³/mol. The molecule has 0 spiro atoms. The minimum Gasteiger partial charge on any atom is -0.486 e. The second-order valence-electron chi connectivity index (χ2n) is 6.79. The van der Waals surface area contributed by atoms with Crippen molar-refractivity contribution >= 4 is 11.7 Å². The summed E-state index contributed by atoms with van der Waals surface area (Å²) in [4.78, 5) is 18.7. The third kappa shape index (κ3) is 4.66. The fourth-order valence-electron chi connectivity index (χ4n) is 3.04. The number of aromatic nitrogens is 2. The van der Waals surface area contributed by atoms with Gasteiger partial charge in [0.25, 0.3) is 5.91 Å². The first-order valence-electron chi connectivity index (χ1n) is 9.42. The summed E-state index contributed by atoms with van der Waals surface area (Å²) in [7, 11) is 1.90. The van der Waals surface area contributed by atoms with Crippen molar-refractivity contribution in [1.29, 1.82) is 0 Å². The fraction of sp³-hybridized carbons (Fsp3) is 0.286. The van der Waals surface area contributed by atoms with Gasteiger partial charge in [-0.3, -0.25) is 4.79 Å². The number of hydrogen-bond donors (Lipinski definition) is 1. The monoisotopic (exact) mass is 394 g/mol. The number of rotatable bonds is 7. The Labute approximate surface area is 168 Å². The molecule has 0 unspecified atom stereocenters. The number of pyridine rings is 1. The molecule has 1 aromatic carbocycles. The molecule has 1 atom stereocenters. The molecule has 2 aromatic heterocycles. The summed E-state index contributed by atoms with van der Waals surface area (Å²) in [6.07, 6.45) is 3.68. The number of carbonyl (C=O) groups is 1. The van der Waals surface area contributed by atoms with Gasteiger partial charge in [-0.1, -0.05) is 17.3 Å². The van der Waals surface area contributed by atoms with Crippen LogP contribution in [0.4, 0.5) is 5.82 Å². The summed E-state index contributed by atoms with van der Waals surface area (Å²) in [5, 5.41) is 6.79. The number of nitrogens with zero attached hydrogens (tertiary/aromatic N) is 3. The number of hydrogen-bond acceptors (Lipinski definition) is 7. The molecule has 1 amide bonds. The highest BCUT2D eigenvalue weighted by atomic mass is 16.6. The standard InChI is InChI=1S/C21H22N4O4/c1-25(13-16-9-11-28-24-16)20-7-6-15(12-23-20)21(26)22-10-8-17-14-27-18-4-2-3-5-19(18)29-17/h2-7,9,11-12,17H,8,10,13-14H2,1H3,(H,22,26)/t17-/m1/s1. The Morgan fingerprint density at radius 1 is 1.21 bits per heavy atom. The van der Waals surface area contributed by atoms with E-state index in [1.807, 2.05) is 42.3 Å². The average Bonchev–Trinajstić information content (AvgIpc) is 3.26. The van der Waals surface area contributed by atoms with Crippen molar-refractivity contribution in [2.75, 3.05) is 25.1 Å². The van der Waals surface area contributed by atoms with Gasteiger partial charge in [0.2, 0.25) is 0 Å². The summed E-state index contributed by atoms with van der Waals surface area (Å²) in [6, 6.07) is 13.0. The highest BCUT2D eigenvalue weighted by molar-refractivity contribution is 5.94. The highest BCUT2D eigenvalue weighted by Crippen LogP contribution is 2.31. The zero-order valence-corrected chi connectivity index (χ0v) is 16.1. The highest BCUT2D eigenvalue weighted by Gasteiger charge is 2.20. The summed E-state index contributed by atoms with van der Waals surface area (Å²) in [6.45, 7) is 1.53. The average molecular weight is 394 g/mol. The van der Waals surface area contributed by atoms with Gasteiger partial charge in [0.05, 0.1) is 12.1 Å². The SMILES string of the molecule is CN(Cc1ccon1)c1ccc(C(=O)NCC[C@@H]2COc3ccccc3O2)cn1. The Hall–Kier alpha value is -3.55. The molecule has 1 N–H and O–H groups in total. The molecule has 150 valence electrons. The minimum absolute atomic E-state index is 0.0871. The summed E-state index contributed by atoms with van der Waals surface area (Å²) < 4.78 is 16.4. The lowest BCUT2D eigenvalue weighted by molar-refractivity contribution is 0.0812. The molecule has 3 aromatic rings. The van der Waals surface area contributed by atoms with E-state index >= 15 is 0 Å². The third-order valence-electron chi connectivity index (χ3n) is 4.61. The van der Waals surface area contributed by atoms with Crippen LogP contribution >= 0.6 is 0 Å². The summed E-state index contributed by atoms with van der Waals surface area (Å²) in [5.41, 5.74) is 1.32. The van der Waals surface area contributed by atoms with Gasteiger partial charge in [0.1, 0.15) is 30.5 Å². The van der Waals surface area contributed by atoms with Crippen LogP contribution in [0.15, 0.2) is 59.4 Å². The van der Waals surface area contributed by atoms with E-state index in [1.54, 1.807) is 18.3 Å². The number of ether oxygens (including phenoxy) is 2. The van der Waals surface area contributed by atoms with Crippen LogP contribution in [0, 0.1) is 0 Å². The smallest absolute Gasteiger partial charge is 0.252 e. The first-order valence-corrected chi connectivity index (χ1v) is 9.42. The molecule has 3 heterocycles. The molecule has 0 radical (unpaired) electrons. The lowest BCUT2D eigenvalue weighted by atomic mass is 10.2. The van der Waals surface area contributed by atoms with Crippen molar-refractivity contribution < 1.29 is 18.8 Å². The minimum atomic E-state index is -0.166. The number of para-hydroxylation sites is 2. The first kappa shape index (κ1) is 18.8. The van der Waals surface area contributed by atoms with Gasteiger partial charge in [-0.2, -0.15) is 0 Å². The molecule has 0 aliphatic carbocycles. The summed E-state index contributed by atoms with van der Waals surface area (Å²) >= 11 is 0. The molecule has 0 bridgehead atoms. The van der Waals surface area contributed by atoms with Crippen molar-refractivity contribution in [2.45, 2.75) is 19.1 Å². The normalized spacial score (nSPS) is 15.0. The largest absolute Gasteiger partial charge is 0.486 e. The number of benzene rings is 1. The lowest BCUT2D eigenvalue weighted by Crippen LogP contribution is -2.34. The maximum absolute atomic E-state index is 12.4. The van der Waals surface area contributed by atoms with Gasteiger partial charge in [0.15, 0.2) is 11.5 Å². The van der Waals surface area contributed by atoms with E-state index in [0.29, 0.717) is 31.7 Å². The van der Waals surface area contributed by atoms with E-state index in [2.05, 4.69) is 15.5 Å². The van der Waals surface area contributed by atoms with Crippen LogP contribution in [-0.2, 0) is 6.54 Å². The molecule has 1 aliphatic heterocycles. The molecule has 0 fully saturated rings. The second-order valence-corrected chi connectivity index (χ2v) is 6.79. The first-order chi connectivity index (χ1) is 14.2. The van der Waals surface area contributed by atoms with Gasteiger partial charge in [-0.05, 0) is 24.3 Å². The molecule has 8 nitrogen and oxygen atoms in total. The maximum atomic E-state index is 12.4. The lowest BCUT2D eigenvalue weighted by Gasteiger charge is -2.26. The van der Waals surface area contributed by atoms with Crippen LogP contribution < -0.4 is 19.7 Å². The van der Waals surface area contributed by atoms with Crippen molar-refractivity contribution in [3.8, 4) is 11.5 Å². The molecule has 29 heavy (non-hydrogen) atoms. The molecule has 0 saturated carbocycles. The van der Waals surface area contributed by atoms with Crippen LogP contribution in [0.5, 0.6) is 11.5 Å². The van der Waals surface area contributed by atoms with Crippen molar-refractivity contribution in [1.82, 2.24) is 15.5 Å². The van der Waals surface area contributed by atoms with E-state index in [1.165, 1.54) is 6.26 Å². The van der Waals surface area contributed by atoms with Crippen molar-refractivity contribution in [3.63, 3.8) is 0 Å². The molecule has 1 aliphatic rings. The predicted octanol–water partition coefficient (Wildman–Crippen LogP) is 2.67. The Bertz CT molecular complexity index is 944. The van der Waals surface area contributed by atoms with Crippen molar-refractivity contribution in [3.05, 3.63) is 66.2 Å². The van der Waals surface area contributed by atoms with Gasteiger partial charge < -0.3 is 24.2 Å². The topological polar surface area (TPSA) is 89.7 Å². The molecule has 0 saturated heterocycles. The van der Waals surface area contributed by atoms with Gasteiger partial charge >= 0.3 is 0 Å². The number of amides is 1. The Morgan fingerprint density at radius 3 is 2.83 bits per heavy atom. The van der Waals surface area contributed by atoms with Gasteiger partial charge in [-0.25, -0.2) is 4.98 Å². The number of anilines is 1. The van der Waals surface area contributed by atoms with Crippen LogP contribution in [-0.4, -0.2) is 42.4 Å². The number of nitrogens with one attached hydrogen (secondary N) is 1. The van der Waals surface area contributed by atoms with Crippen LogP contribution in [0.1, 0.15) is 22.5 Å². The van der Waals surface area contributed by atoms with E-state index < -0.39 is 0 Å². The van der Waals surface area contributed by atoms with Crippen LogP contribution in [0.2, 0.25) is 0 Å². The molecule has 4 rings (SSSR count). The Kier molecular flexibility index (Phi) is 5.60. The van der Waals surface area contributed by atoms with E-state index in [0.717, 1.165) is 23.0 Å². The third-order valence-corrected chi connectivity index (χ3v) is 4.61. The second kappa shape index (κ2) is 8.64. The van der Waals surface area contributed by atoms with E-state index in [-0.39, 0.29) is 12.0 Å². The summed E-state index contributed by atoms with van der Waals surface area (Å²) in [5.74, 6) is 2.08. The zero-order valence-electron chi connectivity index (χ0n) is 16.1. The van der Waals surface area contributed by atoms with E-state index in [9.17, 15) is 4.79 Å². The molecular formula is C21H22N4O4. The van der Waals surface area contributed by atoms with E-state index in [4.69, 9.17) is 14.0 Å². The maximum Gasteiger partial charge on any atom is 0.252 e. The van der Waals surface area contributed by atoms with Gasteiger partial charge in [0, 0.05) is 32.3 Å². The number of fused-ring (bicyclic) bond motifs is 1. The van der Waals surface area contributed by atoms with Gasteiger partial charge in [-0.15, -0.1) is 0 Å². The van der Waals surface area contributed by atoms with Crippen LogP contribution in [0.3, 0.4) is 0 Å². The quantitative estimate of drug-likeness (QED) is 0.659. The fourth-order valence-corrected chi connectivity index (χ4v) is 3.04.